The Kier molecular flexibility index (Phi) is 251. The lowest BCUT2D eigenvalue weighted by molar-refractivity contribution is 0.504. The Morgan fingerprint density at radius 1 is 0.259 bits per heavy atom. The first-order valence-electron chi connectivity index (χ1n) is 13.4. The van der Waals surface area contributed by atoms with Crippen molar-refractivity contribution in [2.24, 2.45) is 0 Å². The van der Waals surface area contributed by atoms with Gasteiger partial charge in [0.05, 0.1) is 0 Å². The monoisotopic (exact) mass is 395 g/mol. The SMILES string of the molecule is C1CC1.C1CC1.C1CCC1.CC.CC.CC.CC.CC.CC.CC.CCC. The molecule has 0 aliphatic heterocycles. The zero-order valence-electron chi connectivity index (χ0n) is 23.8. The first-order chi connectivity index (χ1) is 13.4. The number of rotatable bonds is 0. The molecule has 0 radical (unpaired) electrons. The van der Waals surface area contributed by atoms with Gasteiger partial charge in [0.2, 0.25) is 0 Å². The summed E-state index contributed by atoms with van der Waals surface area (Å²) in [5.41, 5.74) is 0. The maximum absolute atomic E-state index is 2.12. The molecule has 178 valence electrons. The topological polar surface area (TPSA) is 0 Å². The Hall–Kier alpha value is 0. The van der Waals surface area contributed by atoms with Crippen molar-refractivity contribution in [2.75, 3.05) is 0 Å². The molecule has 0 heterocycles. The Morgan fingerprint density at radius 3 is 0.296 bits per heavy atom. The molecule has 3 aliphatic carbocycles. The molecule has 0 unspecified atom stereocenters. The van der Waals surface area contributed by atoms with E-state index in [2.05, 4.69) is 13.8 Å². The average Bonchev–Trinajstić information content (AvgIpc) is 3.64. The minimum absolute atomic E-state index is 1.25. The highest BCUT2D eigenvalue weighted by molar-refractivity contribution is 4.51. The zero-order chi connectivity index (χ0) is 23.8. The maximum atomic E-state index is 2.12. The molecule has 0 aromatic heterocycles. The minimum atomic E-state index is 1.25. The van der Waals surface area contributed by atoms with Gasteiger partial charge in [-0.3, -0.25) is 0 Å². The maximum Gasteiger partial charge on any atom is -0.0533 e. The number of hydrogen-bond acceptors (Lipinski definition) is 0. The lowest BCUT2D eigenvalue weighted by Crippen LogP contribution is -1.85. The van der Waals surface area contributed by atoms with Gasteiger partial charge in [0.1, 0.15) is 0 Å². The van der Waals surface area contributed by atoms with Crippen molar-refractivity contribution in [3.05, 3.63) is 0 Å². The van der Waals surface area contributed by atoms with Gasteiger partial charge in [0.25, 0.3) is 0 Å². The van der Waals surface area contributed by atoms with Crippen molar-refractivity contribution in [3.8, 4) is 0 Å². The van der Waals surface area contributed by atoms with E-state index in [-0.39, 0.29) is 0 Å². The molecule has 0 N–H and O–H groups in total. The molecule has 3 fully saturated rings. The highest BCUT2D eigenvalue weighted by Gasteiger charge is 1.95. The molecule has 3 aliphatic rings. The van der Waals surface area contributed by atoms with Crippen LogP contribution < -0.4 is 0 Å². The lowest BCUT2D eigenvalue weighted by Gasteiger charge is -2.05. The van der Waals surface area contributed by atoms with Crippen LogP contribution in [0.3, 0.4) is 0 Å². The van der Waals surface area contributed by atoms with Gasteiger partial charge in [0, 0.05) is 0 Å². The van der Waals surface area contributed by atoms with E-state index in [0.29, 0.717) is 0 Å². The predicted octanol–water partition coefficient (Wildman–Crippen LogP) is 12.5. The largest absolute Gasteiger partial charge is 0.0683 e. The molecule has 0 spiro atoms. The van der Waals surface area contributed by atoms with Gasteiger partial charge in [-0.25, -0.2) is 0 Å². The minimum Gasteiger partial charge on any atom is -0.0683 e. The summed E-state index contributed by atoms with van der Waals surface area (Å²) in [5, 5.41) is 0. The van der Waals surface area contributed by atoms with Gasteiger partial charge in [-0.2, -0.15) is 0 Å². The van der Waals surface area contributed by atoms with Crippen LogP contribution in [-0.4, -0.2) is 0 Å². The van der Waals surface area contributed by atoms with E-state index in [0.717, 1.165) is 0 Å². The standard InChI is InChI=1S/C4H8.2C3H6.C3H8.7C2H6/c1-2-4-3-1;2*1-2-3-1;1-3-2;7*1-2/h1-4H2;2*1-3H2;3H2,1-2H3;7*1-2H3. The van der Waals surface area contributed by atoms with E-state index in [1.165, 1.54) is 70.6 Å². The van der Waals surface area contributed by atoms with Gasteiger partial charge in [-0.1, -0.05) is 181 Å². The number of hydrogen-bond donors (Lipinski definition) is 0. The van der Waals surface area contributed by atoms with Gasteiger partial charge in [-0.05, 0) is 0 Å². The van der Waals surface area contributed by atoms with Crippen LogP contribution in [0.4, 0.5) is 0 Å². The molecule has 0 aromatic carbocycles. The third-order valence-corrected chi connectivity index (χ3v) is 1.71. The Labute approximate surface area is 181 Å². The van der Waals surface area contributed by atoms with E-state index in [9.17, 15) is 0 Å². The summed E-state index contributed by atoms with van der Waals surface area (Å²) in [4.78, 5) is 0. The van der Waals surface area contributed by atoms with Crippen molar-refractivity contribution in [2.45, 2.75) is 181 Å². The van der Waals surface area contributed by atoms with Crippen LogP contribution in [0.5, 0.6) is 0 Å². The molecule has 0 atom stereocenters. The molecule has 3 rings (SSSR count). The third kappa shape index (κ3) is 416. The highest BCUT2D eigenvalue weighted by Crippen LogP contribution is 2.15. The summed E-state index contributed by atoms with van der Waals surface area (Å²) in [7, 11) is 0. The summed E-state index contributed by atoms with van der Waals surface area (Å²) in [5.74, 6) is 0. The molecule has 3 saturated carbocycles. The third-order valence-electron chi connectivity index (χ3n) is 1.71. The molecule has 0 aromatic rings. The van der Waals surface area contributed by atoms with Gasteiger partial charge in [-0.15, -0.1) is 0 Å². The van der Waals surface area contributed by atoms with E-state index in [4.69, 9.17) is 0 Å². The second-order valence-corrected chi connectivity index (χ2v) is 4.24. The molecular formula is C27H70. The van der Waals surface area contributed by atoms with Crippen LogP contribution in [0.2, 0.25) is 0 Å². The quantitative estimate of drug-likeness (QED) is 0.383. The van der Waals surface area contributed by atoms with Crippen molar-refractivity contribution in [1.82, 2.24) is 0 Å². The summed E-state index contributed by atoms with van der Waals surface area (Å²) in [6.07, 6.45) is 16.2. The van der Waals surface area contributed by atoms with Crippen molar-refractivity contribution in [3.63, 3.8) is 0 Å². The van der Waals surface area contributed by atoms with E-state index < -0.39 is 0 Å². The van der Waals surface area contributed by atoms with E-state index >= 15 is 0 Å². The normalized spacial score (nSPS) is 11.1. The fraction of sp³-hybridized carbons (Fsp3) is 1.00. The lowest BCUT2D eigenvalue weighted by atomic mass is 10.0. The second kappa shape index (κ2) is 134. The van der Waals surface area contributed by atoms with Crippen molar-refractivity contribution >= 4 is 0 Å². The van der Waals surface area contributed by atoms with Crippen LogP contribution in [0.15, 0.2) is 0 Å². The fourth-order valence-electron chi connectivity index (χ4n) is 0.250. The molecule has 0 saturated heterocycles. The van der Waals surface area contributed by atoms with Crippen LogP contribution >= 0.6 is 0 Å². The zero-order valence-corrected chi connectivity index (χ0v) is 23.8. The molecule has 0 amide bonds. The van der Waals surface area contributed by atoms with Crippen molar-refractivity contribution < 1.29 is 0 Å². The van der Waals surface area contributed by atoms with Crippen molar-refractivity contribution in [1.29, 1.82) is 0 Å². The van der Waals surface area contributed by atoms with Gasteiger partial charge in [0.15, 0.2) is 0 Å². The van der Waals surface area contributed by atoms with Gasteiger partial charge < -0.3 is 0 Å². The van der Waals surface area contributed by atoms with Gasteiger partial charge >= 0.3 is 0 Å². The first-order valence-corrected chi connectivity index (χ1v) is 13.4. The van der Waals surface area contributed by atoms with Crippen LogP contribution in [0.25, 0.3) is 0 Å². The van der Waals surface area contributed by atoms with Crippen LogP contribution in [0, 0.1) is 0 Å². The summed E-state index contributed by atoms with van der Waals surface area (Å²) >= 11 is 0. The Balaban J connectivity index is -0.0000000249. The Bertz CT molecular complexity index is 52.6. The van der Waals surface area contributed by atoms with E-state index in [1.807, 2.05) is 96.9 Å². The van der Waals surface area contributed by atoms with E-state index in [1.54, 1.807) is 0 Å². The Morgan fingerprint density at radius 2 is 0.296 bits per heavy atom. The molecule has 27 heavy (non-hydrogen) atoms. The smallest absolute Gasteiger partial charge is 0.0533 e. The second-order valence-electron chi connectivity index (χ2n) is 4.24. The molecular weight excluding hydrogens is 324 g/mol. The molecule has 0 bridgehead atoms. The average molecular weight is 395 g/mol. The summed E-state index contributed by atoms with van der Waals surface area (Å²) in [6.45, 7) is 32.2. The summed E-state index contributed by atoms with van der Waals surface area (Å²) < 4.78 is 0. The summed E-state index contributed by atoms with van der Waals surface area (Å²) in [6, 6.07) is 0. The predicted molar refractivity (Wildman–Crippen MR) is 142 cm³/mol. The fourth-order valence-corrected chi connectivity index (χ4v) is 0.250. The van der Waals surface area contributed by atoms with Crippen LogP contribution in [0.1, 0.15) is 181 Å². The molecule has 0 heteroatoms. The first kappa shape index (κ1) is 50.6. The molecule has 0 nitrogen and oxygen atoms in total. The van der Waals surface area contributed by atoms with Crippen LogP contribution in [-0.2, 0) is 0 Å². The highest BCUT2D eigenvalue weighted by atomic mass is 14.0.